The molecule has 8 heteroatoms. The van der Waals surface area contributed by atoms with Crippen molar-refractivity contribution in [1.82, 2.24) is 19.9 Å². The Hall–Kier alpha value is -1.96. The largest absolute Gasteiger partial charge is 0.480 e. The van der Waals surface area contributed by atoms with Gasteiger partial charge < -0.3 is 14.7 Å². The first-order chi connectivity index (χ1) is 9.60. The van der Waals surface area contributed by atoms with Gasteiger partial charge in [-0.05, 0) is 18.8 Å². The minimum Gasteiger partial charge on any atom is -0.480 e. The van der Waals surface area contributed by atoms with Crippen LogP contribution in [0.4, 0.5) is 0 Å². The Morgan fingerprint density at radius 3 is 2.75 bits per heavy atom. The van der Waals surface area contributed by atoms with Crippen LogP contribution in [-0.4, -0.2) is 63.7 Å². The van der Waals surface area contributed by atoms with Crippen molar-refractivity contribution in [3.8, 4) is 0 Å². The molecule has 1 aliphatic rings. The number of nitrogens with zero attached hydrogens (tertiary/aromatic N) is 4. The fraction of sp³-hybridized carbons (Fsp3) is 0.667. The second kappa shape index (κ2) is 6.47. The maximum Gasteiger partial charge on any atom is 0.325 e. The molecule has 1 aromatic rings. The summed E-state index contributed by atoms with van der Waals surface area (Å²) in [4.78, 5) is 24.5. The van der Waals surface area contributed by atoms with Crippen LogP contribution in [0.1, 0.15) is 23.3 Å². The average Bonchev–Trinajstić information content (AvgIpc) is 2.87. The summed E-state index contributed by atoms with van der Waals surface area (Å²) in [6.07, 6.45) is 3.18. The van der Waals surface area contributed by atoms with Gasteiger partial charge in [0.05, 0.1) is 6.20 Å². The molecule has 1 N–H and O–H groups in total. The monoisotopic (exact) mass is 282 g/mol. The lowest BCUT2D eigenvalue weighted by molar-refractivity contribution is -0.137. The number of methoxy groups -OCH3 is 1. The molecule has 0 atom stereocenters. The van der Waals surface area contributed by atoms with Crippen molar-refractivity contribution in [2.45, 2.75) is 19.4 Å². The molecule has 0 unspecified atom stereocenters. The second-order valence-electron chi connectivity index (χ2n) is 4.89. The molecule has 0 saturated carbocycles. The normalized spacial score (nSPS) is 16.4. The summed E-state index contributed by atoms with van der Waals surface area (Å²) in [6, 6.07) is 0. The molecule has 1 aromatic heterocycles. The van der Waals surface area contributed by atoms with Crippen LogP contribution in [0.2, 0.25) is 0 Å². The van der Waals surface area contributed by atoms with Gasteiger partial charge in [-0.15, -0.1) is 5.10 Å². The van der Waals surface area contributed by atoms with Crippen LogP contribution in [0.5, 0.6) is 0 Å². The predicted molar refractivity (Wildman–Crippen MR) is 68.2 cm³/mol. The number of carbonyl (C=O) groups excluding carboxylic acids is 1. The number of carboxylic acids is 1. The number of piperidine rings is 1. The third-order valence-corrected chi connectivity index (χ3v) is 3.36. The first kappa shape index (κ1) is 14.4. The number of likely N-dealkylation sites (tertiary alicyclic amines) is 1. The van der Waals surface area contributed by atoms with Gasteiger partial charge >= 0.3 is 5.97 Å². The summed E-state index contributed by atoms with van der Waals surface area (Å²) in [6.45, 7) is 1.75. The van der Waals surface area contributed by atoms with Crippen molar-refractivity contribution in [3.05, 3.63) is 11.9 Å². The first-order valence-corrected chi connectivity index (χ1v) is 6.50. The first-order valence-electron chi connectivity index (χ1n) is 6.50. The quantitative estimate of drug-likeness (QED) is 0.807. The minimum atomic E-state index is -1.02. The van der Waals surface area contributed by atoms with E-state index in [0.29, 0.717) is 19.0 Å². The van der Waals surface area contributed by atoms with Gasteiger partial charge in [0.2, 0.25) is 0 Å². The van der Waals surface area contributed by atoms with Gasteiger partial charge in [0, 0.05) is 26.8 Å². The van der Waals surface area contributed by atoms with E-state index in [1.807, 2.05) is 0 Å². The van der Waals surface area contributed by atoms with Crippen molar-refractivity contribution in [2.24, 2.45) is 5.92 Å². The van der Waals surface area contributed by atoms with E-state index < -0.39 is 5.97 Å². The molecule has 1 saturated heterocycles. The van der Waals surface area contributed by atoms with Crippen molar-refractivity contribution in [1.29, 1.82) is 0 Å². The molecule has 0 bridgehead atoms. The Morgan fingerprint density at radius 1 is 1.45 bits per heavy atom. The molecule has 110 valence electrons. The summed E-state index contributed by atoms with van der Waals surface area (Å²) in [5, 5.41) is 16.0. The van der Waals surface area contributed by atoms with E-state index in [0.717, 1.165) is 24.1 Å². The van der Waals surface area contributed by atoms with Crippen molar-refractivity contribution in [2.75, 3.05) is 26.8 Å². The maximum atomic E-state index is 12.2. The maximum absolute atomic E-state index is 12.2. The zero-order valence-corrected chi connectivity index (χ0v) is 11.4. The molecule has 0 aliphatic carbocycles. The van der Waals surface area contributed by atoms with E-state index in [2.05, 4.69) is 10.3 Å². The number of hydrogen-bond donors (Lipinski definition) is 1. The van der Waals surface area contributed by atoms with Gasteiger partial charge in [-0.3, -0.25) is 9.59 Å². The van der Waals surface area contributed by atoms with E-state index in [1.165, 1.54) is 6.20 Å². The lowest BCUT2D eigenvalue weighted by Gasteiger charge is -2.31. The fourth-order valence-corrected chi connectivity index (χ4v) is 2.31. The molecule has 0 spiro atoms. The van der Waals surface area contributed by atoms with Gasteiger partial charge in [0.25, 0.3) is 5.91 Å². The summed E-state index contributed by atoms with van der Waals surface area (Å²) >= 11 is 0. The van der Waals surface area contributed by atoms with E-state index >= 15 is 0 Å². The molecule has 0 radical (unpaired) electrons. The lowest BCUT2D eigenvalue weighted by atomic mass is 9.97. The fourth-order valence-electron chi connectivity index (χ4n) is 2.31. The molecule has 2 rings (SSSR count). The minimum absolute atomic E-state index is 0.191. The molecule has 1 amide bonds. The van der Waals surface area contributed by atoms with Gasteiger partial charge in [-0.25, -0.2) is 4.68 Å². The average molecular weight is 282 g/mol. The van der Waals surface area contributed by atoms with E-state index in [4.69, 9.17) is 9.84 Å². The van der Waals surface area contributed by atoms with Gasteiger partial charge in [-0.2, -0.15) is 0 Å². The highest BCUT2D eigenvalue weighted by Gasteiger charge is 2.25. The van der Waals surface area contributed by atoms with Crippen molar-refractivity contribution < 1.29 is 19.4 Å². The molecule has 2 heterocycles. The van der Waals surface area contributed by atoms with Crippen LogP contribution in [0.3, 0.4) is 0 Å². The summed E-state index contributed by atoms with van der Waals surface area (Å²) in [5.74, 6) is -0.724. The van der Waals surface area contributed by atoms with Crippen molar-refractivity contribution in [3.63, 3.8) is 0 Å². The number of carbonyl (C=O) groups is 2. The van der Waals surface area contributed by atoms with Crippen LogP contribution in [0.25, 0.3) is 0 Å². The highest BCUT2D eigenvalue weighted by molar-refractivity contribution is 5.92. The van der Waals surface area contributed by atoms with Crippen molar-refractivity contribution >= 4 is 11.9 Å². The highest BCUT2D eigenvalue weighted by Crippen LogP contribution is 2.18. The molecule has 0 aromatic carbocycles. The van der Waals surface area contributed by atoms with E-state index in [9.17, 15) is 9.59 Å². The highest BCUT2D eigenvalue weighted by atomic mass is 16.5. The third-order valence-electron chi connectivity index (χ3n) is 3.36. The Labute approximate surface area is 116 Å². The zero-order chi connectivity index (χ0) is 14.5. The Morgan fingerprint density at radius 2 is 2.15 bits per heavy atom. The number of aromatic nitrogens is 3. The number of amides is 1. The lowest BCUT2D eigenvalue weighted by Crippen LogP contribution is -2.39. The van der Waals surface area contributed by atoms with Crippen LogP contribution in [0, 0.1) is 5.92 Å². The Balaban J connectivity index is 1.91. The number of aliphatic carboxylic acids is 1. The Kier molecular flexibility index (Phi) is 4.67. The van der Waals surface area contributed by atoms with Crippen LogP contribution in [-0.2, 0) is 16.1 Å². The van der Waals surface area contributed by atoms with Gasteiger partial charge in [0.15, 0.2) is 5.69 Å². The topological polar surface area (TPSA) is 97.5 Å². The van der Waals surface area contributed by atoms with E-state index in [1.54, 1.807) is 12.0 Å². The molecular formula is C12H18N4O4. The smallest absolute Gasteiger partial charge is 0.325 e. The molecule has 8 nitrogen and oxygen atoms in total. The van der Waals surface area contributed by atoms with Crippen LogP contribution in [0.15, 0.2) is 6.20 Å². The van der Waals surface area contributed by atoms with Gasteiger partial charge in [0.1, 0.15) is 6.54 Å². The molecule has 20 heavy (non-hydrogen) atoms. The Bertz CT molecular complexity index is 480. The predicted octanol–water partition coefficient (Wildman–Crippen LogP) is -0.139. The molecule has 1 aliphatic heterocycles. The third kappa shape index (κ3) is 3.53. The summed E-state index contributed by atoms with van der Waals surface area (Å²) in [7, 11) is 1.68. The molecular weight excluding hydrogens is 264 g/mol. The number of hydrogen-bond acceptors (Lipinski definition) is 5. The SMILES string of the molecule is COCC1CCN(C(=O)c2cn(CC(=O)O)nn2)CC1. The van der Waals surface area contributed by atoms with Gasteiger partial charge in [-0.1, -0.05) is 5.21 Å². The van der Waals surface area contributed by atoms with Crippen LogP contribution >= 0.6 is 0 Å². The van der Waals surface area contributed by atoms with Crippen LogP contribution < -0.4 is 0 Å². The summed E-state index contributed by atoms with van der Waals surface area (Å²) < 4.78 is 6.26. The number of rotatable bonds is 5. The molecule has 1 fully saturated rings. The standard InChI is InChI=1S/C12H18N4O4/c1-20-8-9-2-4-15(5-3-9)12(19)10-6-16(14-13-10)7-11(17)18/h6,9H,2-5,7-8H2,1H3,(H,17,18). The zero-order valence-electron chi connectivity index (χ0n) is 11.4. The number of ether oxygens (including phenoxy) is 1. The number of carboxylic acid groups (broad SMARTS) is 1. The summed E-state index contributed by atoms with van der Waals surface area (Å²) in [5.41, 5.74) is 0.191. The van der Waals surface area contributed by atoms with E-state index in [-0.39, 0.29) is 18.1 Å². The second-order valence-corrected chi connectivity index (χ2v) is 4.89.